The molecule has 3 aromatic rings. The van der Waals surface area contributed by atoms with E-state index in [-0.39, 0.29) is 24.0 Å². The second-order valence-electron chi connectivity index (χ2n) is 7.22. The quantitative estimate of drug-likeness (QED) is 0.573. The third-order valence-corrected chi connectivity index (χ3v) is 6.73. The number of halogens is 1. The van der Waals surface area contributed by atoms with Crippen LogP contribution in [0.5, 0.6) is 0 Å². The lowest BCUT2D eigenvalue weighted by atomic mass is 10.0. The molecule has 0 spiro atoms. The second kappa shape index (κ2) is 8.66. The van der Waals surface area contributed by atoms with Crippen LogP contribution >= 0.6 is 11.6 Å². The first kappa shape index (κ1) is 20.9. The van der Waals surface area contributed by atoms with Crippen molar-refractivity contribution in [1.82, 2.24) is 4.31 Å². The summed E-state index contributed by atoms with van der Waals surface area (Å²) >= 11 is 5.91. The van der Waals surface area contributed by atoms with Gasteiger partial charge in [-0.05, 0) is 48.7 Å². The van der Waals surface area contributed by atoms with Gasteiger partial charge >= 0.3 is 0 Å². The van der Waals surface area contributed by atoms with Crippen LogP contribution in [0, 0.1) is 5.92 Å². The molecule has 150 valence electrons. The Bertz CT molecular complexity index is 995. The fourth-order valence-corrected chi connectivity index (χ4v) is 4.97. The molecule has 5 nitrogen and oxygen atoms in total. The molecule has 2 aromatic carbocycles. The van der Waals surface area contributed by atoms with E-state index in [2.05, 4.69) is 0 Å². The van der Waals surface area contributed by atoms with Crippen molar-refractivity contribution in [2.24, 2.45) is 5.92 Å². The number of hydrogen-bond donors (Lipinski definition) is 1. The molecular weight excluding hydrogens is 398 g/mol. The minimum Gasteiger partial charge on any atom is -0.460 e. The molecule has 0 aliphatic carbocycles. The maximum absolute atomic E-state index is 13.4. The lowest BCUT2D eigenvalue weighted by Crippen LogP contribution is -2.42. The van der Waals surface area contributed by atoms with Crippen LogP contribution < -0.4 is 0 Å². The van der Waals surface area contributed by atoms with E-state index in [1.165, 1.54) is 16.4 Å². The summed E-state index contributed by atoms with van der Waals surface area (Å²) in [6.45, 7) is 3.76. The molecule has 0 aliphatic heterocycles. The van der Waals surface area contributed by atoms with Gasteiger partial charge in [0.05, 0.1) is 18.0 Å². The predicted octanol–water partition coefficient (Wildman–Crippen LogP) is 4.68. The molecule has 0 radical (unpaired) electrons. The number of sulfonamides is 1. The Balaban J connectivity index is 2.01. The first-order valence-electron chi connectivity index (χ1n) is 9.17. The zero-order chi connectivity index (χ0) is 20.3. The van der Waals surface area contributed by atoms with Crippen molar-refractivity contribution in [3.63, 3.8) is 0 Å². The first-order valence-corrected chi connectivity index (χ1v) is 11.0. The topological polar surface area (TPSA) is 70.8 Å². The van der Waals surface area contributed by atoms with E-state index in [0.717, 1.165) is 5.39 Å². The Morgan fingerprint density at radius 1 is 1.11 bits per heavy atom. The van der Waals surface area contributed by atoms with Crippen molar-refractivity contribution >= 4 is 32.6 Å². The minimum atomic E-state index is -3.86. The Morgan fingerprint density at radius 3 is 2.39 bits per heavy atom. The number of furan rings is 1. The molecule has 0 fully saturated rings. The van der Waals surface area contributed by atoms with E-state index in [4.69, 9.17) is 16.0 Å². The number of aliphatic hydroxyl groups excluding tert-OH is 1. The van der Waals surface area contributed by atoms with Crippen LogP contribution in [0.2, 0.25) is 5.02 Å². The normalized spacial score (nSPS) is 13.5. The van der Waals surface area contributed by atoms with Gasteiger partial charge in [0, 0.05) is 16.5 Å². The Morgan fingerprint density at radius 2 is 1.79 bits per heavy atom. The first-order chi connectivity index (χ1) is 13.3. The van der Waals surface area contributed by atoms with Crippen LogP contribution in [0.3, 0.4) is 0 Å². The highest BCUT2D eigenvalue weighted by Crippen LogP contribution is 2.27. The second-order valence-corrected chi connectivity index (χ2v) is 9.55. The Kier molecular flexibility index (Phi) is 6.45. The third-order valence-electron chi connectivity index (χ3n) is 4.57. The van der Waals surface area contributed by atoms with Crippen molar-refractivity contribution in [3.05, 3.63) is 65.4 Å². The standard InChI is InChI=1S/C21H24ClNO4S/c1-15(2)11-18(14-24)23(28(25,26)20-9-7-17(22)8-10-20)13-19-12-16-5-3-4-6-21(16)27-19/h3-10,12,15,18,24H,11,13-14H2,1-2H3. The molecule has 0 amide bonds. The van der Waals surface area contributed by atoms with E-state index in [9.17, 15) is 13.5 Å². The van der Waals surface area contributed by atoms with Gasteiger partial charge < -0.3 is 9.52 Å². The Labute approximate surface area is 170 Å². The van der Waals surface area contributed by atoms with Crippen LogP contribution in [-0.4, -0.2) is 30.5 Å². The van der Waals surface area contributed by atoms with Crippen LogP contribution in [-0.2, 0) is 16.6 Å². The van der Waals surface area contributed by atoms with Gasteiger partial charge in [0.15, 0.2) is 0 Å². The number of aliphatic hydroxyl groups is 1. The van der Waals surface area contributed by atoms with Crippen molar-refractivity contribution < 1.29 is 17.9 Å². The van der Waals surface area contributed by atoms with Gasteiger partial charge in [-0.15, -0.1) is 0 Å². The molecule has 0 saturated carbocycles. The van der Waals surface area contributed by atoms with E-state index >= 15 is 0 Å². The molecule has 1 heterocycles. The van der Waals surface area contributed by atoms with Crippen LogP contribution in [0.15, 0.2) is 63.9 Å². The molecule has 0 aliphatic rings. The van der Waals surface area contributed by atoms with Crippen molar-refractivity contribution in [2.75, 3.05) is 6.61 Å². The third kappa shape index (κ3) is 4.58. The average Bonchev–Trinajstić information content (AvgIpc) is 3.07. The lowest BCUT2D eigenvalue weighted by Gasteiger charge is -2.30. The Hall–Kier alpha value is -1.86. The highest BCUT2D eigenvalue weighted by Gasteiger charge is 2.32. The molecule has 1 N–H and O–H groups in total. The van der Waals surface area contributed by atoms with Gasteiger partial charge in [-0.25, -0.2) is 8.42 Å². The summed E-state index contributed by atoms with van der Waals surface area (Å²) in [6, 6.07) is 14.9. The van der Waals surface area contributed by atoms with Crippen molar-refractivity contribution in [1.29, 1.82) is 0 Å². The summed E-state index contributed by atoms with van der Waals surface area (Å²) in [5.41, 5.74) is 0.700. The summed E-state index contributed by atoms with van der Waals surface area (Å²) in [6.07, 6.45) is 0.531. The van der Waals surface area contributed by atoms with Crippen LogP contribution in [0.4, 0.5) is 0 Å². The molecule has 0 bridgehead atoms. The van der Waals surface area contributed by atoms with E-state index in [0.29, 0.717) is 22.8 Å². The fraction of sp³-hybridized carbons (Fsp3) is 0.333. The number of rotatable bonds is 8. The zero-order valence-corrected chi connectivity index (χ0v) is 17.4. The van der Waals surface area contributed by atoms with Gasteiger partial charge in [-0.1, -0.05) is 43.6 Å². The van der Waals surface area contributed by atoms with E-state index in [1.807, 2.05) is 44.2 Å². The van der Waals surface area contributed by atoms with E-state index in [1.54, 1.807) is 12.1 Å². The summed E-state index contributed by atoms with van der Waals surface area (Å²) in [5, 5.41) is 11.3. The number of hydrogen-bond acceptors (Lipinski definition) is 4. The largest absolute Gasteiger partial charge is 0.460 e. The molecule has 1 atom stereocenters. The maximum Gasteiger partial charge on any atom is 0.243 e. The van der Waals surface area contributed by atoms with Gasteiger partial charge in [0.1, 0.15) is 11.3 Å². The molecular formula is C21H24ClNO4S. The fourth-order valence-electron chi connectivity index (χ4n) is 3.25. The van der Waals surface area contributed by atoms with Gasteiger partial charge in [-0.3, -0.25) is 0 Å². The molecule has 28 heavy (non-hydrogen) atoms. The van der Waals surface area contributed by atoms with Gasteiger partial charge in [-0.2, -0.15) is 4.31 Å². The molecule has 7 heteroatoms. The number of fused-ring (bicyclic) bond motifs is 1. The molecule has 1 aromatic heterocycles. The summed E-state index contributed by atoms with van der Waals surface area (Å²) in [5.74, 6) is 0.747. The zero-order valence-electron chi connectivity index (χ0n) is 15.9. The SMILES string of the molecule is CC(C)CC(CO)N(Cc1cc2ccccc2o1)S(=O)(=O)c1ccc(Cl)cc1. The van der Waals surface area contributed by atoms with Crippen molar-refractivity contribution in [2.45, 2.75) is 37.8 Å². The summed E-state index contributed by atoms with van der Waals surface area (Å²) in [7, 11) is -3.86. The number of para-hydroxylation sites is 1. The highest BCUT2D eigenvalue weighted by molar-refractivity contribution is 7.89. The van der Waals surface area contributed by atoms with E-state index < -0.39 is 16.1 Å². The van der Waals surface area contributed by atoms with Crippen LogP contribution in [0.1, 0.15) is 26.0 Å². The molecule has 3 rings (SSSR count). The number of benzene rings is 2. The van der Waals surface area contributed by atoms with Gasteiger partial charge in [0.2, 0.25) is 10.0 Å². The lowest BCUT2D eigenvalue weighted by molar-refractivity contribution is 0.159. The predicted molar refractivity (Wildman–Crippen MR) is 111 cm³/mol. The van der Waals surface area contributed by atoms with Gasteiger partial charge in [0.25, 0.3) is 0 Å². The molecule has 0 saturated heterocycles. The molecule has 1 unspecified atom stereocenters. The average molecular weight is 422 g/mol. The smallest absolute Gasteiger partial charge is 0.243 e. The summed E-state index contributed by atoms with van der Waals surface area (Å²) < 4.78 is 33.9. The van der Waals surface area contributed by atoms with Crippen molar-refractivity contribution in [3.8, 4) is 0 Å². The highest BCUT2D eigenvalue weighted by atomic mass is 35.5. The number of nitrogens with zero attached hydrogens (tertiary/aromatic N) is 1. The monoisotopic (exact) mass is 421 g/mol. The maximum atomic E-state index is 13.4. The summed E-state index contributed by atoms with van der Waals surface area (Å²) in [4.78, 5) is 0.134. The van der Waals surface area contributed by atoms with Crippen LogP contribution in [0.25, 0.3) is 11.0 Å². The minimum absolute atomic E-state index is 0.0393.